The van der Waals surface area contributed by atoms with Crippen LogP contribution in [0, 0.1) is 10.5 Å². The second-order valence-electron chi connectivity index (χ2n) is 5.14. The van der Waals surface area contributed by atoms with E-state index in [9.17, 15) is 4.79 Å². The van der Waals surface area contributed by atoms with Crippen LogP contribution >= 0.6 is 38.5 Å². The van der Waals surface area contributed by atoms with E-state index in [1.165, 1.54) is 6.33 Å². The highest BCUT2D eigenvalue weighted by Crippen LogP contribution is 2.25. The molecule has 0 aliphatic heterocycles. The highest BCUT2D eigenvalue weighted by Gasteiger charge is 2.10. The molecule has 0 aliphatic carbocycles. The van der Waals surface area contributed by atoms with Gasteiger partial charge in [0.25, 0.3) is 5.91 Å². The van der Waals surface area contributed by atoms with Crippen LogP contribution in [0.4, 0.5) is 5.69 Å². The molecule has 5 nitrogen and oxygen atoms in total. The van der Waals surface area contributed by atoms with Gasteiger partial charge in [-0.3, -0.25) is 4.79 Å². The summed E-state index contributed by atoms with van der Waals surface area (Å²) in [4.78, 5) is 20.4. The molecule has 0 aliphatic rings. The minimum absolute atomic E-state index is 0.121. The number of nitrogens with one attached hydrogen (secondary N) is 1. The van der Waals surface area contributed by atoms with Crippen LogP contribution in [0.2, 0.25) is 0 Å². The summed E-state index contributed by atoms with van der Waals surface area (Å²) in [6.07, 6.45) is 1.42. The lowest BCUT2D eigenvalue weighted by atomic mass is 10.2. The number of nitrogens with zero attached hydrogens (tertiary/aromatic N) is 2. The predicted octanol–water partition coefficient (Wildman–Crippen LogP) is 4.32. The van der Waals surface area contributed by atoms with Crippen molar-refractivity contribution >= 4 is 61.0 Å². The quantitative estimate of drug-likeness (QED) is 0.545. The smallest absolute Gasteiger partial charge is 0.262 e. The number of ether oxygens (including phenoxy) is 1. The van der Waals surface area contributed by atoms with Crippen molar-refractivity contribution in [1.82, 2.24) is 9.97 Å². The molecule has 1 aromatic heterocycles. The number of carbonyl (C=O) groups excluding carboxylic acids is 1. The van der Waals surface area contributed by atoms with E-state index in [-0.39, 0.29) is 12.5 Å². The standard InChI is InChI=1S/C17H13BrIN3O2/c1-10-6-12(19)3-5-14(10)22-16(23)8-24-17-13-7-11(18)2-4-15(13)20-9-21-17/h2-7,9H,8H2,1H3,(H,22,23). The SMILES string of the molecule is Cc1cc(I)ccc1NC(=O)COc1ncnc2ccc(Br)cc12. The second-order valence-corrected chi connectivity index (χ2v) is 7.30. The van der Waals surface area contributed by atoms with Crippen LogP contribution in [0.15, 0.2) is 47.2 Å². The Hall–Kier alpha value is -1.74. The summed E-state index contributed by atoms with van der Waals surface area (Å²) in [5.41, 5.74) is 2.54. The molecule has 122 valence electrons. The summed E-state index contributed by atoms with van der Waals surface area (Å²) in [6, 6.07) is 11.5. The van der Waals surface area contributed by atoms with Crippen molar-refractivity contribution in [2.45, 2.75) is 6.92 Å². The van der Waals surface area contributed by atoms with Gasteiger partial charge < -0.3 is 10.1 Å². The number of carbonyl (C=O) groups is 1. The molecular weight excluding hydrogens is 485 g/mol. The van der Waals surface area contributed by atoms with Gasteiger partial charge in [0.05, 0.1) is 10.9 Å². The van der Waals surface area contributed by atoms with Crippen LogP contribution in [0.3, 0.4) is 0 Å². The lowest BCUT2D eigenvalue weighted by molar-refractivity contribution is -0.118. The number of aryl methyl sites for hydroxylation is 1. The first kappa shape index (κ1) is 17.1. The molecule has 0 saturated heterocycles. The van der Waals surface area contributed by atoms with Crippen molar-refractivity contribution < 1.29 is 9.53 Å². The van der Waals surface area contributed by atoms with E-state index < -0.39 is 0 Å². The highest BCUT2D eigenvalue weighted by molar-refractivity contribution is 14.1. The number of rotatable bonds is 4. The van der Waals surface area contributed by atoms with E-state index in [1.807, 2.05) is 43.3 Å². The molecule has 3 rings (SSSR count). The summed E-state index contributed by atoms with van der Waals surface area (Å²) in [5.74, 6) is 0.150. The topological polar surface area (TPSA) is 64.1 Å². The summed E-state index contributed by atoms with van der Waals surface area (Å²) < 4.78 is 7.61. The maximum atomic E-state index is 12.1. The Bertz CT molecular complexity index is 917. The van der Waals surface area contributed by atoms with Gasteiger partial charge in [-0.2, -0.15) is 0 Å². The number of anilines is 1. The molecule has 7 heteroatoms. The highest BCUT2D eigenvalue weighted by atomic mass is 127. The largest absolute Gasteiger partial charge is 0.467 e. The third-order valence-corrected chi connectivity index (χ3v) is 4.53. The zero-order valence-corrected chi connectivity index (χ0v) is 16.5. The van der Waals surface area contributed by atoms with Crippen LogP contribution in [0.25, 0.3) is 10.9 Å². The van der Waals surface area contributed by atoms with Gasteiger partial charge in [0.2, 0.25) is 5.88 Å². The molecule has 0 fully saturated rings. The fraction of sp³-hybridized carbons (Fsp3) is 0.118. The van der Waals surface area contributed by atoms with Gasteiger partial charge in [0, 0.05) is 13.7 Å². The zero-order chi connectivity index (χ0) is 17.1. The minimum atomic E-state index is -0.235. The van der Waals surface area contributed by atoms with Crippen molar-refractivity contribution in [1.29, 1.82) is 0 Å². The number of hydrogen-bond acceptors (Lipinski definition) is 4. The molecule has 0 atom stereocenters. The van der Waals surface area contributed by atoms with Crippen LogP contribution in [0.5, 0.6) is 5.88 Å². The monoisotopic (exact) mass is 497 g/mol. The van der Waals surface area contributed by atoms with Crippen LogP contribution in [0.1, 0.15) is 5.56 Å². The first-order valence-electron chi connectivity index (χ1n) is 7.12. The summed E-state index contributed by atoms with van der Waals surface area (Å²) in [5, 5.41) is 3.60. The normalized spacial score (nSPS) is 10.6. The van der Waals surface area contributed by atoms with Crippen molar-refractivity contribution in [2.24, 2.45) is 0 Å². The predicted molar refractivity (Wildman–Crippen MR) is 105 cm³/mol. The molecule has 0 unspecified atom stereocenters. The van der Waals surface area contributed by atoms with E-state index in [4.69, 9.17) is 4.74 Å². The van der Waals surface area contributed by atoms with E-state index in [0.29, 0.717) is 5.88 Å². The van der Waals surface area contributed by atoms with Gasteiger partial charge in [0.1, 0.15) is 6.33 Å². The fourth-order valence-electron chi connectivity index (χ4n) is 2.21. The first-order valence-corrected chi connectivity index (χ1v) is 8.99. The molecule has 24 heavy (non-hydrogen) atoms. The Balaban J connectivity index is 1.71. The van der Waals surface area contributed by atoms with Crippen LogP contribution in [-0.4, -0.2) is 22.5 Å². The lowest BCUT2D eigenvalue weighted by Gasteiger charge is -2.10. The fourth-order valence-corrected chi connectivity index (χ4v) is 3.22. The van der Waals surface area contributed by atoms with Crippen molar-refractivity contribution in [2.75, 3.05) is 11.9 Å². The van der Waals surface area contributed by atoms with E-state index in [0.717, 1.165) is 30.2 Å². The van der Waals surface area contributed by atoms with Gasteiger partial charge >= 0.3 is 0 Å². The Morgan fingerprint density at radius 3 is 2.88 bits per heavy atom. The number of aromatic nitrogens is 2. The summed E-state index contributed by atoms with van der Waals surface area (Å²) in [7, 11) is 0. The van der Waals surface area contributed by atoms with Crippen molar-refractivity contribution in [3.63, 3.8) is 0 Å². The molecule has 2 aromatic carbocycles. The molecule has 0 spiro atoms. The number of amides is 1. The molecule has 1 amide bonds. The summed E-state index contributed by atoms with van der Waals surface area (Å²) >= 11 is 5.65. The maximum Gasteiger partial charge on any atom is 0.262 e. The minimum Gasteiger partial charge on any atom is -0.467 e. The van der Waals surface area contributed by atoms with Gasteiger partial charge in [-0.05, 0) is 71.5 Å². The number of hydrogen-bond donors (Lipinski definition) is 1. The summed E-state index contributed by atoms with van der Waals surface area (Å²) in [6.45, 7) is 1.83. The molecule has 0 bridgehead atoms. The molecule has 3 aromatic rings. The third-order valence-electron chi connectivity index (χ3n) is 3.36. The average molecular weight is 498 g/mol. The Labute approximate surface area is 161 Å². The maximum absolute atomic E-state index is 12.1. The van der Waals surface area contributed by atoms with Gasteiger partial charge in [-0.1, -0.05) is 15.9 Å². The second kappa shape index (κ2) is 7.43. The lowest BCUT2D eigenvalue weighted by Crippen LogP contribution is -2.21. The molecular formula is C17H13BrIN3O2. The molecule has 0 radical (unpaired) electrons. The average Bonchev–Trinajstić information content (AvgIpc) is 2.55. The number of benzene rings is 2. The van der Waals surface area contributed by atoms with E-state index in [1.54, 1.807) is 0 Å². The Morgan fingerprint density at radius 1 is 1.25 bits per heavy atom. The van der Waals surface area contributed by atoms with E-state index >= 15 is 0 Å². The van der Waals surface area contributed by atoms with Crippen LogP contribution in [-0.2, 0) is 4.79 Å². The third kappa shape index (κ3) is 4.02. The molecule has 0 saturated carbocycles. The van der Waals surface area contributed by atoms with E-state index in [2.05, 4.69) is 53.8 Å². The molecule has 1 heterocycles. The Kier molecular flexibility index (Phi) is 5.30. The zero-order valence-electron chi connectivity index (χ0n) is 12.7. The number of fused-ring (bicyclic) bond motifs is 1. The Morgan fingerprint density at radius 2 is 2.08 bits per heavy atom. The van der Waals surface area contributed by atoms with Crippen LogP contribution < -0.4 is 10.1 Å². The van der Waals surface area contributed by atoms with Gasteiger partial charge in [-0.15, -0.1) is 0 Å². The first-order chi connectivity index (χ1) is 11.5. The molecule has 1 N–H and O–H groups in total. The van der Waals surface area contributed by atoms with Gasteiger partial charge in [0.15, 0.2) is 6.61 Å². The van der Waals surface area contributed by atoms with Gasteiger partial charge in [-0.25, -0.2) is 9.97 Å². The van der Waals surface area contributed by atoms with Crippen molar-refractivity contribution in [3.05, 3.63) is 56.3 Å². The van der Waals surface area contributed by atoms with Crippen molar-refractivity contribution in [3.8, 4) is 5.88 Å². The number of halogens is 2.